The van der Waals surface area contributed by atoms with Crippen molar-refractivity contribution in [2.75, 3.05) is 13.7 Å². The lowest BCUT2D eigenvalue weighted by Crippen LogP contribution is -2.23. The van der Waals surface area contributed by atoms with Gasteiger partial charge in [0.25, 0.3) is 5.91 Å². The number of amides is 1. The van der Waals surface area contributed by atoms with E-state index >= 15 is 0 Å². The molecule has 2 rings (SSSR count). The van der Waals surface area contributed by atoms with Gasteiger partial charge in [0.05, 0.1) is 12.7 Å². The standard InChI is InChI=1S/C19H18INO3/c1-4-9-24-18-11-14(6-8-17(18)23-3)12-21-19(22)15-10-13(2)5-7-16(15)20/h1,5-8,10-11H,9,12H2,2-3H3,(H,21,22). The average molecular weight is 435 g/mol. The molecule has 0 atom stereocenters. The van der Waals surface area contributed by atoms with Gasteiger partial charge in [-0.15, -0.1) is 6.42 Å². The molecular weight excluding hydrogens is 417 g/mol. The Kier molecular flexibility index (Phi) is 6.50. The van der Waals surface area contributed by atoms with Crippen LogP contribution >= 0.6 is 22.6 Å². The maximum Gasteiger partial charge on any atom is 0.252 e. The minimum atomic E-state index is -0.106. The van der Waals surface area contributed by atoms with Crippen LogP contribution in [-0.4, -0.2) is 19.6 Å². The summed E-state index contributed by atoms with van der Waals surface area (Å²) in [6.07, 6.45) is 5.22. The molecule has 0 heterocycles. The second kappa shape index (κ2) is 8.60. The first-order valence-electron chi connectivity index (χ1n) is 7.32. The van der Waals surface area contributed by atoms with E-state index in [9.17, 15) is 4.79 Å². The molecular formula is C19H18INO3. The molecule has 1 amide bonds. The second-order valence-corrected chi connectivity index (χ2v) is 6.31. The number of halogens is 1. The summed E-state index contributed by atoms with van der Waals surface area (Å²) in [5.74, 6) is 3.48. The summed E-state index contributed by atoms with van der Waals surface area (Å²) < 4.78 is 11.6. The van der Waals surface area contributed by atoms with Crippen LogP contribution in [0, 0.1) is 22.8 Å². The Bertz CT molecular complexity index is 781. The van der Waals surface area contributed by atoms with Crippen LogP contribution in [0.2, 0.25) is 0 Å². The Morgan fingerprint density at radius 3 is 2.75 bits per heavy atom. The Labute approximate surface area is 155 Å². The van der Waals surface area contributed by atoms with Gasteiger partial charge in [-0.3, -0.25) is 4.79 Å². The number of nitrogens with one attached hydrogen (secondary N) is 1. The third kappa shape index (κ3) is 4.65. The summed E-state index contributed by atoms with van der Waals surface area (Å²) in [6, 6.07) is 11.3. The topological polar surface area (TPSA) is 47.6 Å². The molecule has 0 aromatic heterocycles. The van der Waals surface area contributed by atoms with Crippen LogP contribution in [0.5, 0.6) is 11.5 Å². The van der Waals surface area contributed by atoms with Gasteiger partial charge in [-0.05, 0) is 59.3 Å². The van der Waals surface area contributed by atoms with Gasteiger partial charge in [0.2, 0.25) is 0 Å². The highest BCUT2D eigenvalue weighted by Crippen LogP contribution is 2.28. The van der Waals surface area contributed by atoms with Crippen molar-refractivity contribution in [2.45, 2.75) is 13.5 Å². The average Bonchev–Trinajstić information content (AvgIpc) is 2.59. The van der Waals surface area contributed by atoms with Crippen LogP contribution in [-0.2, 0) is 6.54 Å². The minimum Gasteiger partial charge on any atom is -0.493 e. The van der Waals surface area contributed by atoms with Gasteiger partial charge >= 0.3 is 0 Å². The number of aryl methyl sites for hydroxylation is 1. The van der Waals surface area contributed by atoms with Gasteiger partial charge < -0.3 is 14.8 Å². The lowest BCUT2D eigenvalue weighted by Gasteiger charge is -2.12. The molecule has 0 spiro atoms. The van der Waals surface area contributed by atoms with Gasteiger partial charge in [-0.1, -0.05) is 23.6 Å². The maximum atomic E-state index is 12.4. The monoisotopic (exact) mass is 435 g/mol. The third-order valence-corrected chi connectivity index (χ3v) is 4.30. The van der Waals surface area contributed by atoms with Crippen molar-refractivity contribution >= 4 is 28.5 Å². The molecule has 0 aliphatic rings. The summed E-state index contributed by atoms with van der Waals surface area (Å²) >= 11 is 2.16. The number of benzene rings is 2. The van der Waals surface area contributed by atoms with Crippen molar-refractivity contribution in [3.05, 3.63) is 56.7 Å². The molecule has 2 aromatic rings. The molecule has 2 aromatic carbocycles. The number of carbonyl (C=O) groups excluding carboxylic acids is 1. The van der Waals surface area contributed by atoms with Crippen molar-refractivity contribution in [3.8, 4) is 23.8 Å². The first-order valence-corrected chi connectivity index (χ1v) is 8.40. The Hall–Kier alpha value is -2.20. The Balaban J connectivity index is 2.10. The van der Waals surface area contributed by atoms with E-state index in [0.29, 0.717) is 23.6 Å². The Morgan fingerprint density at radius 1 is 1.25 bits per heavy atom. The van der Waals surface area contributed by atoms with Gasteiger partial charge in [0, 0.05) is 10.1 Å². The smallest absolute Gasteiger partial charge is 0.252 e. The minimum absolute atomic E-state index is 0.106. The van der Waals surface area contributed by atoms with E-state index in [4.69, 9.17) is 15.9 Å². The number of ether oxygens (including phenoxy) is 2. The van der Waals surface area contributed by atoms with E-state index in [0.717, 1.165) is 14.7 Å². The fourth-order valence-electron chi connectivity index (χ4n) is 2.15. The zero-order valence-corrected chi connectivity index (χ0v) is 15.7. The van der Waals surface area contributed by atoms with E-state index in [1.165, 1.54) is 0 Å². The molecule has 0 fully saturated rings. The molecule has 0 saturated carbocycles. The predicted octanol–water partition coefficient (Wildman–Crippen LogP) is 3.55. The summed E-state index contributed by atoms with van der Waals surface area (Å²) in [7, 11) is 1.57. The number of rotatable bonds is 6. The quantitative estimate of drug-likeness (QED) is 0.558. The third-order valence-electron chi connectivity index (χ3n) is 3.36. The van der Waals surface area contributed by atoms with Gasteiger partial charge in [0.1, 0.15) is 6.61 Å². The lowest BCUT2D eigenvalue weighted by molar-refractivity contribution is 0.0950. The number of hydrogen-bond donors (Lipinski definition) is 1. The van der Waals surface area contributed by atoms with E-state index in [1.807, 2.05) is 37.3 Å². The van der Waals surface area contributed by atoms with E-state index < -0.39 is 0 Å². The first kappa shape index (κ1) is 18.1. The number of methoxy groups -OCH3 is 1. The summed E-state index contributed by atoms with van der Waals surface area (Å²) in [5, 5.41) is 2.92. The van der Waals surface area contributed by atoms with Crippen molar-refractivity contribution in [3.63, 3.8) is 0 Å². The molecule has 0 radical (unpaired) electrons. The lowest BCUT2D eigenvalue weighted by atomic mass is 10.1. The van der Waals surface area contributed by atoms with Crippen LogP contribution in [0.1, 0.15) is 21.5 Å². The molecule has 24 heavy (non-hydrogen) atoms. The highest BCUT2D eigenvalue weighted by Gasteiger charge is 2.11. The molecule has 1 N–H and O–H groups in total. The van der Waals surface area contributed by atoms with Crippen LogP contribution in [0.3, 0.4) is 0 Å². The van der Waals surface area contributed by atoms with Crippen LogP contribution in [0.15, 0.2) is 36.4 Å². The van der Waals surface area contributed by atoms with E-state index in [-0.39, 0.29) is 12.5 Å². The molecule has 5 heteroatoms. The van der Waals surface area contributed by atoms with E-state index in [1.54, 1.807) is 13.2 Å². The molecule has 0 aliphatic carbocycles. The Morgan fingerprint density at radius 2 is 2.04 bits per heavy atom. The largest absolute Gasteiger partial charge is 0.493 e. The summed E-state index contributed by atoms with van der Waals surface area (Å²) in [6.45, 7) is 2.51. The number of terminal acetylenes is 1. The molecule has 124 valence electrons. The van der Waals surface area contributed by atoms with Crippen molar-refractivity contribution in [2.24, 2.45) is 0 Å². The SMILES string of the molecule is C#CCOc1cc(CNC(=O)c2cc(C)ccc2I)ccc1OC. The number of hydrogen-bond acceptors (Lipinski definition) is 3. The van der Waals surface area contributed by atoms with Gasteiger partial charge in [0.15, 0.2) is 11.5 Å². The number of carbonyl (C=O) groups is 1. The highest BCUT2D eigenvalue weighted by atomic mass is 127. The van der Waals surface area contributed by atoms with Crippen LogP contribution in [0.4, 0.5) is 0 Å². The van der Waals surface area contributed by atoms with Crippen LogP contribution < -0.4 is 14.8 Å². The van der Waals surface area contributed by atoms with Crippen molar-refractivity contribution < 1.29 is 14.3 Å². The molecule has 0 bridgehead atoms. The van der Waals surface area contributed by atoms with Crippen molar-refractivity contribution in [1.82, 2.24) is 5.32 Å². The summed E-state index contributed by atoms with van der Waals surface area (Å²) in [5.41, 5.74) is 2.63. The fourth-order valence-corrected chi connectivity index (χ4v) is 2.73. The maximum absolute atomic E-state index is 12.4. The predicted molar refractivity (Wildman–Crippen MR) is 102 cm³/mol. The van der Waals surface area contributed by atoms with Gasteiger partial charge in [-0.2, -0.15) is 0 Å². The molecule has 0 unspecified atom stereocenters. The molecule has 0 saturated heterocycles. The van der Waals surface area contributed by atoms with Crippen LogP contribution in [0.25, 0.3) is 0 Å². The van der Waals surface area contributed by atoms with E-state index in [2.05, 4.69) is 33.8 Å². The summed E-state index contributed by atoms with van der Waals surface area (Å²) in [4.78, 5) is 12.4. The van der Waals surface area contributed by atoms with Crippen molar-refractivity contribution in [1.29, 1.82) is 0 Å². The fraction of sp³-hybridized carbons (Fsp3) is 0.211. The van der Waals surface area contributed by atoms with Gasteiger partial charge in [-0.25, -0.2) is 0 Å². The normalized spacial score (nSPS) is 9.92. The zero-order valence-electron chi connectivity index (χ0n) is 13.6. The highest BCUT2D eigenvalue weighted by molar-refractivity contribution is 14.1. The second-order valence-electron chi connectivity index (χ2n) is 5.14. The molecule has 4 nitrogen and oxygen atoms in total. The zero-order chi connectivity index (χ0) is 17.5. The first-order chi connectivity index (χ1) is 11.5. The molecule has 0 aliphatic heterocycles.